The number of carbonyl (C=O) groups is 4. The Balaban J connectivity index is 1.93. The first-order chi connectivity index (χ1) is 56.1. The average molecular weight is 1680 g/mol. The van der Waals surface area contributed by atoms with Crippen LogP contribution in [0.25, 0.3) is 0 Å². The number of aliphatic hydroxyl groups is 9. The standard InChI is InChI=1S/C90H167O25P/c1-6-10-14-18-22-25-28-31-32-35-37-39-42-49-55-61-73(92)106-66-70(109-75(94)63-57-52-46-45-48-54-60-69(5)59-53-47-21-17-13-9-4)67-108-116(104,105)115-88-86(113-89-83(102)79(98)77(96)71(65-91)110-89)82(101)81(100)85(112-76(95)64-58-51-44-41-38-34-30-27-24-20-16-12-8-3)87(88)114-90-84(103)80(99)78(97)72(111-90)68-107-74(93)62-56-50-43-40-36-33-29-26-23-19-15-11-7-2/h25,28,69-72,77-91,96-103H,6-24,26-27,29-68H2,1-5H3,(H,104,105)/b28-25-. The van der Waals surface area contributed by atoms with Gasteiger partial charge in [-0.1, -0.05) is 336 Å². The monoisotopic (exact) mass is 1680 g/mol. The molecule has 10 N–H and O–H groups in total. The summed E-state index contributed by atoms with van der Waals surface area (Å²) in [5.74, 6) is -2.29. The summed E-state index contributed by atoms with van der Waals surface area (Å²) in [6, 6.07) is 0. The Hall–Kier alpha value is -2.79. The van der Waals surface area contributed by atoms with Gasteiger partial charge in [-0.05, 0) is 57.3 Å². The first-order valence-corrected chi connectivity index (χ1v) is 48.3. The molecular weight excluding hydrogens is 1510 g/mol. The van der Waals surface area contributed by atoms with E-state index in [1.54, 1.807) is 0 Å². The Labute approximate surface area is 699 Å². The number of carbonyl (C=O) groups excluding carboxylic acids is 4. The van der Waals surface area contributed by atoms with Crippen molar-refractivity contribution in [3.05, 3.63) is 12.2 Å². The number of allylic oxidation sites excluding steroid dienone is 2. The van der Waals surface area contributed by atoms with Gasteiger partial charge in [0.05, 0.1) is 13.2 Å². The van der Waals surface area contributed by atoms with Gasteiger partial charge in [-0.15, -0.1) is 0 Å². The molecule has 2 aliphatic heterocycles. The number of phosphoric ester groups is 1. The molecule has 19 atom stereocenters. The summed E-state index contributed by atoms with van der Waals surface area (Å²) in [7, 11) is -5.81. The van der Waals surface area contributed by atoms with Crippen molar-refractivity contribution in [1.29, 1.82) is 0 Å². The van der Waals surface area contributed by atoms with E-state index in [1.165, 1.54) is 161 Å². The maximum atomic E-state index is 14.9. The van der Waals surface area contributed by atoms with E-state index in [0.29, 0.717) is 38.0 Å². The first-order valence-electron chi connectivity index (χ1n) is 46.8. The van der Waals surface area contributed by atoms with Crippen LogP contribution in [0.3, 0.4) is 0 Å². The summed E-state index contributed by atoms with van der Waals surface area (Å²) in [5, 5.41) is 102. The molecule has 3 fully saturated rings. The number of aliphatic hydroxyl groups excluding tert-OH is 9. The highest BCUT2D eigenvalue weighted by Crippen LogP contribution is 2.49. The second-order valence-electron chi connectivity index (χ2n) is 33.8. The van der Waals surface area contributed by atoms with Gasteiger partial charge in [-0.25, -0.2) is 4.57 Å². The summed E-state index contributed by atoms with van der Waals surface area (Å²) in [5.41, 5.74) is 0. The molecule has 1 saturated carbocycles. The Morgan fingerprint density at radius 2 is 0.698 bits per heavy atom. The van der Waals surface area contributed by atoms with Crippen LogP contribution < -0.4 is 0 Å². The Morgan fingerprint density at radius 1 is 0.362 bits per heavy atom. The molecule has 2 heterocycles. The smallest absolute Gasteiger partial charge is 0.463 e. The maximum absolute atomic E-state index is 14.9. The highest BCUT2D eigenvalue weighted by Gasteiger charge is 2.60. The van der Waals surface area contributed by atoms with E-state index in [1.807, 2.05) is 0 Å². The fourth-order valence-electron chi connectivity index (χ4n) is 15.6. The van der Waals surface area contributed by atoms with Gasteiger partial charge in [0.1, 0.15) is 92.6 Å². The molecule has 0 aromatic heterocycles. The van der Waals surface area contributed by atoms with Gasteiger partial charge in [0.15, 0.2) is 24.8 Å². The Morgan fingerprint density at radius 3 is 1.12 bits per heavy atom. The number of unbranched alkanes of at least 4 members (excludes halogenated alkanes) is 45. The van der Waals surface area contributed by atoms with Crippen molar-refractivity contribution < 1.29 is 122 Å². The van der Waals surface area contributed by atoms with E-state index >= 15 is 0 Å². The summed E-state index contributed by atoms with van der Waals surface area (Å²) < 4.78 is 73.4. The van der Waals surface area contributed by atoms with E-state index in [0.717, 1.165) is 148 Å². The zero-order chi connectivity index (χ0) is 84.8. The SMILES string of the molecule is CCCCCC/C=C\CCCCCCCCCC(=O)OCC(COP(=O)(O)OC1C(OC2OC(CO)C(O)C(O)C2O)C(O)C(O)C(OC(=O)CCCCCCCCCCCCCCC)C1OC1OC(COC(=O)CCCCCCCCCCCCCCC)C(O)C(O)C1O)OC(=O)CCCCCCCCC(C)CCCCCCCC. The lowest BCUT2D eigenvalue weighted by molar-refractivity contribution is -0.360. The van der Waals surface area contributed by atoms with Crippen molar-refractivity contribution in [3.8, 4) is 0 Å². The second kappa shape index (κ2) is 68.6. The minimum atomic E-state index is -5.81. The summed E-state index contributed by atoms with van der Waals surface area (Å²) in [4.78, 5) is 66.5. The zero-order valence-corrected chi connectivity index (χ0v) is 73.6. The number of hydrogen-bond acceptors (Lipinski definition) is 24. The van der Waals surface area contributed by atoms with E-state index in [-0.39, 0.29) is 25.7 Å². The summed E-state index contributed by atoms with van der Waals surface area (Å²) in [6.07, 6.45) is 25.0. The van der Waals surface area contributed by atoms with Crippen molar-refractivity contribution in [2.45, 2.75) is 505 Å². The average Bonchev–Trinajstić information content (AvgIpc) is 0.754. The van der Waals surface area contributed by atoms with Crippen LogP contribution in [0.1, 0.15) is 401 Å². The van der Waals surface area contributed by atoms with Gasteiger partial charge < -0.3 is 88.7 Å². The van der Waals surface area contributed by atoms with Crippen molar-refractivity contribution in [2.24, 2.45) is 5.92 Å². The number of rotatable bonds is 75. The minimum absolute atomic E-state index is 0.0181. The highest BCUT2D eigenvalue weighted by atomic mass is 31.2. The molecular formula is C90H167O25P. The van der Waals surface area contributed by atoms with Crippen LogP contribution in [0.5, 0.6) is 0 Å². The molecule has 0 radical (unpaired) electrons. The largest absolute Gasteiger partial charge is 0.472 e. The molecule has 26 heteroatoms. The third-order valence-electron chi connectivity index (χ3n) is 23.2. The number of phosphoric acid groups is 1. The Bertz CT molecular complexity index is 2480. The topological polar surface area (TPSA) is 380 Å². The lowest BCUT2D eigenvalue weighted by Crippen LogP contribution is -2.70. The van der Waals surface area contributed by atoms with E-state index in [4.69, 9.17) is 46.9 Å². The molecule has 2 saturated heterocycles. The van der Waals surface area contributed by atoms with Crippen LogP contribution in [-0.2, 0) is 70.7 Å². The minimum Gasteiger partial charge on any atom is -0.463 e. The van der Waals surface area contributed by atoms with Crippen molar-refractivity contribution in [2.75, 3.05) is 26.4 Å². The molecule has 0 amide bonds. The molecule has 0 aromatic carbocycles. The van der Waals surface area contributed by atoms with Gasteiger partial charge in [-0.3, -0.25) is 28.2 Å². The lowest BCUT2D eigenvalue weighted by Gasteiger charge is -2.50. The van der Waals surface area contributed by atoms with Gasteiger partial charge in [-0.2, -0.15) is 0 Å². The summed E-state index contributed by atoms with van der Waals surface area (Å²) in [6.45, 7) is 7.91. The fourth-order valence-corrected chi connectivity index (χ4v) is 16.6. The van der Waals surface area contributed by atoms with E-state index < -0.39 is 162 Å². The molecule has 1 aliphatic carbocycles. The molecule has 3 aliphatic rings. The van der Waals surface area contributed by atoms with Crippen LogP contribution in [0.4, 0.5) is 0 Å². The van der Waals surface area contributed by atoms with E-state index in [9.17, 15) is 74.6 Å². The maximum Gasteiger partial charge on any atom is 0.472 e. The molecule has 25 nitrogen and oxygen atoms in total. The Kier molecular flexibility index (Phi) is 63.5. The third-order valence-corrected chi connectivity index (χ3v) is 24.2. The van der Waals surface area contributed by atoms with Crippen LogP contribution in [0, 0.1) is 5.92 Å². The van der Waals surface area contributed by atoms with E-state index in [2.05, 4.69) is 46.8 Å². The highest BCUT2D eigenvalue weighted by molar-refractivity contribution is 7.47. The van der Waals surface area contributed by atoms with Crippen LogP contribution in [-0.4, -0.2) is 205 Å². The number of esters is 4. The fraction of sp³-hybridized carbons (Fsp3) is 0.933. The summed E-state index contributed by atoms with van der Waals surface area (Å²) >= 11 is 0. The third kappa shape index (κ3) is 48.9. The van der Waals surface area contributed by atoms with Gasteiger partial charge in [0.2, 0.25) is 0 Å². The number of ether oxygens (including phenoxy) is 8. The second-order valence-corrected chi connectivity index (χ2v) is 35.2. The predicted octanol–water partition coefficient (Wildman–Crippen LogP) is 17.0. The first kappa shape index (κ1) is 107. The normalized spacial score (nSPS) is 25.4. The quantitative estimate of drug-likeness (QED) is 0.00889. The number of hydrogen-bond donors (Lipinski definition) is 10. The predicted molar refractivity (Wildman–Crippen MR) is 449 cm³/mol. The van der Waals surface area contributed by atoms with Crippen LogP contribution in [0.2, 0.25) is 0 Å². The molecule has 116 heavy (non-hydrogen) atoms. The molecule has 0 bridgehead atoms. The molecule has 19 unspecified atom stereocenters. The van der Waals surface area contributed by atoms with Crippen molar-refractivity contribution >= 4 is 31.7 Å². The zero-order valence-electron chi connectivity index (χ0n) is 72.7. The van der Waals surface area contributed by atoms with Crippen molar-refractivity contribution in [1.82, 2.24) is 0 Å². The van der Waals surface area contributed by atoms with Gasteiger partial charge in [0.25, 0.3) is 0 Å². The van der Waals surface area contributed by atoms with Crippen molar-refractivity contribution in [3.63, 3.8) is 0 Å². The van der Waals surface area contributed by atoms with Gasteiger partial charge >= 0.3 is 31.7 Å². The van der Waals surface area contributed by atoms with Crippen LogP contribution >= 0.6 is 7.82 Å². The molecule has 682 valence electrons. The molecule has 0 spiro atoms. The molecule has 0 aromatic rings. The van der Waals surface area contributed by atoms with Gasteiger partial charge in [0, 0.05) is 25.7 Å². The molecule has 3 rings (SSSR count). The lowest BCUT2D eigenvalue weighted by atomic mass is 9.84. The van der Waals surface area contributed by atoms with Crippen LogP contribution in [0.15, 0.2) is 12.2 Å².